The third kappa shape index (κ3) is 7.04. The molecule has 0 radical (unpaired) electrons. The van der Waals surface area contributed by atoms with Crippen molar-refractivity contribution in [1.82, 2.24) is 5.32 Å². The highest BCUT2D eigenvalue weighted by Gasteiger charge is 2.34. The lowest BCUT2D eigenvalue weighted by atomic mass is 9.98. The number of rotatable bonds is 7. The Morgan fingerprint density at radius 2 is 1.77 bits per heavy atom. The first-order valence-corrected chi connectivity index (χ1v) is 13.5. The predicted molar refractivity (Wildman–Crippen MR) is 132 cm³/mol. The van der Waals surface area contributed by atoms with Gasteiger partial charge >= 0.3 is 6.18 Å². The molecular formula is C24H29ClF3N3O3S. The van der Waals surface area contributed by atoms with Gasteiger partial charge in [-0.15, -0.1) is 0 Å². The van der Waals surface area contributed by atoms with Crippen LogP contribution < -0.4 is 14.5 Å². The smallest absolute Gasteiger partial charge is 0.372 e. The third-order valence-electron chi connectivity index (χ3n) is 6.15. The van der Waals surface area contributed by atoms with Crippen molar-refractivity contribution in [2.75, 3.05) is 35.1 Å². The molecule has 1 heterocycles. The number of nitrogens with one attached hydrogen (secondary N) is 1. The molecule has 1 aliphatic rings. The van der Waals surface area contributed by atoms with Crippen molar-refractivity contribution in [3.63, 3.8) is 0 Å². The molecule has 2 aromatic rings. The van der Waals surface area contributed by atoms with Gasteiger partial charge in [-0.2, -0.15) is 13.2 Å². The molecule has 11 heteroatoms. The van der Waals surface area contributed by atoms with Crippen molar-refractivity contribution in [1.29, 1.82) is 0 Å². The summed E-state index contributed by atoms with van der Waals surface area (Å²) in [5, 5.41) is 2.16. The molecule has 1 fully saturated rings. The van der Waals surface area contributed by atoms with Crippen LogP contribution in [0.15, 0.2) is 42.5 Å². The number of hydrogen-bond acceptors (Lipinski definition) is 4. The molecule has 0 aliphatic carbocycles. The Morgan fingerprint density at radius 1 is 1.17 bits per heavy atom. The molecule has 2 aromatic carbocycles. The van der Waals surface area contributed by atoms with Crippen LogP contribution in [0, 0.1) is 5.92 Å². The molecule has 0 saturated carbocycles. The Labute approximate surface area is 209 Å². The van der Waals surface area contributed by atoms with E-state index >= 15 is 0 Å². The van der Waals surface area contributed by atoms with Crippen LogP contribution in [0.1, 0.15) is 43.9 Å². The number of anilines is 2. The number of nitrogens with zero attached hydrogens (tertiary/aromatic N) is 2. The first-order chi connectivity index (χ1) is 16.3. The summed E-state index contributed by atoms with van der Waals surface area (Å²) in [4.78, 5) is 15.0. The van der Waals surface area contributed by atoms with Crippen LogP contribution in [0.4, 0.5) is 24.5 Å². The van der Waals surface area contributed by atoms with E-state index in [2.05, 4.69) is 17.1 Å². The Bertz CT molecular complexity index is 1150. The minimum atomic E-state index is -4.77. The van der Waals surface area contributed by atoms with Gasteiger partial charge in [0, 0.05) is 18.8 Å². The van der Waals surface area contributed by atoms with Gasteiger partial charge in [-0.25, -0.2) is 8.42 Å². The molecule has 1 saturated heterocycles. The van der Waals surface area contributed by atoms with E-state index in [1.54, 1.807) is 6.92 Å². The van der Waals surface area contributed by atoms with Crippen molar-refractivity contribution >= 4 is 38.9 Å². The fourth-order valence-electron chi connectivity index (χ4n) is 4.03. The van der Waals surface area contributed by atoms with E-state index in [4.69, 9.17) is 11.6 Å². The monoisotopic (exact) mass is 531 g/mol. The second kappa shape index (κ2) is 10.7. The molecule has 0 aromatic heterocycles. The highest BCUT2D eigenvalue weighted by atomic mass is 35.5. The van der Waals surface area contributed by atoms with Gasteiger partial charge in [0.15, 0.2) is 0 Å². The number of alkyl halides is 3. The van der Waals surface area contributed by atoms with Crippen molar-refractivity contribution in [2.45, 2.75) is 38.9 Å². The first-order valence-electron chi connectivity index (χ1n) is 11.2. The number of benzene rings is 2. The van der Waals surface area contributed by atoms with Crippen LogP contribution in [-0.4, -0.2) is 40.2 Å². The van der Waals surface area contributed by atoms with Crippen LogP contribution >= 0.6 is 11.6 Å². The van der Waals surface area contributed by atoms with Gasteiger partial charge in [-0.3, -0.25) is 9.10 Å². The number of amides is 1. The summed E-state index contributed by atoms with van der Waals surface area (Å²) >= 11 is 5.64. The summed E-state index contributed by atoms with van der Waals surface area (Å²) in [5.41, 5.74) is 0.449. The maximum atomic E-state index is 13.2. The first kappa shape index (κ1) is 27.1. The number of carbonyl (C=O) groups excluding carboxylic acids is 1. The molecule has 6 nitrogen and oxygen atoms in total. The number of carbonyl (C=O) groups is 1. The van der Waals surface area contributed by atoms with Gasteiger partial charge in [-0.1, -0.05) is 30.7 Å². The average molecular weight is 532 g/mol. The minimum absolute atomic E-state index is 0.299. The number of hydrogen-bond donors (Lipinski definition) is 1. The predicted octanol–water partition coefficient (Wildman–Crippen LogP) is 5.24. The third-order valence-corrected chi connectivity index (χ3v) is 7.62. The van der Waals surface area contributed by atoms with Crippen molar-refractivity contribution in [2.24, 2.45) is 5.92 Å². The number of piperidine rings is 1. The zero-order valence-corrected chi connectivity index (χ0v) is 21.3. The topological polar surface area (TPSA) is 69.7 Å². The normalized spacial score (nSPS) is 16.1. The highest BCUT2D eigenvalue weighted by Crippen LogP contribution is 2.37. The van der Waals surface area contributed by atoms with Crippen LogP contribution in [0.3, 0.4) is 0 Å². The molecule has 1 amide bonds. The Hall–Kier alpha value is -2.46. The molecule has 192 valence electrons. The van der Waals surface area contributed by atoms with E-state index in [1.807, 2.05) is 24.3 Å². The average Bonchev–Trinajstić information content (AvgIpc) is 2.77. The number of halogens is 4. The van der Waals surface area contributed by atoms with E-state index in [9.17, 15) is 26.4 Å². The van der Waals surface area contributed by atoms with Crippen LogP contribution in [0.2, 0.25) is 5.02 Å². The summed E-state index contributed by atoms with van der Waals surface area (Å²) in [6.45, 7) is 5.32. The molecule has 0 bridgehead atoms. The second-order valence-electron chi connectivity index (χ2n) is 8.98. The van der Waals surface area contributed by atoms with E-state index in [0.717, 1.165) is 61.5 Å². The van der Waals surface area contributed by atoms with Crippen LogP contribution in [0.5, 0.6) is 0 Å². The van der Waals surface area contributed by atoms with Gasteiger partial charge < -0.3 is 10.2 Å². The molecule has 1 atom stereocenters. The van der Waals surface area contributed by atoms with Crippen molar-refractivity contribution in [3.8, 4) is 0 Å². The standard InChI is InChI=1S/C24H29ClF3N3O3S/c1-16-10-12-30(13-11-16)19-6-4-18(5-7-19)17(2)29-23(32)15-31(35(3,33)34)20-8-9-22(25)21(14-20)24(26,27)28/h4-9,14,16-17H,10-13,15H2,1-3H3,(H,29,32). The lowest BCUT2D eigenvalue weighted by Gasteiger charge is -2.32. The largest absolute Gasteiger partial charge is 0.417 e. The second-order valence-corrected chi connectivity index (χ2v) is 11.3. The zero-order chi connectivity index (χ0) is 26.0. The van der Waals surface area contributed by atoms with Crippen LogP contribution in [-0.2, 0) is 21.0 Å². The highest BCUT2D eigenvalue weighted by molar-refractivity contribution is 7.92. The molecule has 3 rings (SSSR count). The summed E-state index contributed by atoms with van der Waals surface area (Å²) in [7, 11) is -4.05. The van der Waals surface area contributed by atoms with Crippen LogP contribution in [0.25, 0.3) is 0 Å². The molecule has 1 N–H and O–H groups in total. The van der Waals surface area contributed by atoms with Gasteiger partial charge in [-0.05, 0) is 61.6 Å². The number of sulfonamides is 1. The summed E-state index contributed by atoms with van der Waals surface area (Å²) in [6.07, 6.45) is -1.66. The van der Waals surface area contributed by atoms with Gasteiger partial charge in [0.25, 0.3) is 0 Å². The fraction of sp³-hybridized carbons (Fsp3) is 0.458. The zero-order valence-electron chi connectivity index (χ0n) is 19.8. The maximum Gasteiger partial charge on any atom is 0.417 e. The molecular weight excluding hydrogens is 503 g/mol. The Balaban J connectivity index is 1.70. The van der Waals surface area contributed by atoms with E-state index < -0.39 is 45.3 Å². The lowest BCUT2D eigenvalue weighted by molar-refractivity contribution is -0.137. The Kier molecular flexibility index (Phi) is 8.26. The molecule has 1 unspecified atom stereocenters. The maximum absolute atomic E-state index is 13.2. The molecule has 1 aliphatic heterocycles. The van der Waals surface area contributed by atoms with Crippen molar-refractivity contribution in [3.05, 3.63) is 58.6 Å². The molecule has 35 heavy (non-hydrogen) atoms. The summed E-state index contributed by atoms with van der Waals surface area (Å²) < 4.78 is 65.0. The van der Waals surface area contributed by atoms with E-state index in [0.29, 0.717) is 10.4 Å². The minimum Gasteiger partial charge on any atom is -0.372 e. The molecule has 0 spiro atoms. The lowest BCUT2D eigenvalue weighted by Crippen LogP contribution is -2.41. The van der Waals surface area contributed by atoms with Gasteiger partial charge in [0.05, 0.1) is 28.6 Å². The van der Waals surface area contributed by atoms with E-state index in [-0.39, 0.29) is 5.69 Å². The van der Waals surface area contributed by atoms with E-state index in [1.165, 1.54) is 0 Å². The van der Waals surface area contributed by atoms with Crippen molar-refractivity contribution < 1.29 is 26.4 Å². The quantitative estimate of drug-likeness (QED) is 0.530. The SMILES string of the molecule is CC1CCN(c2ccc(C(C)NC(=O)CN(c3ccc(Cl)c(C(F)(F)F)c3)S(C)(=O)=O)cc2)CC1. The Morgan fingerprint density at radius 3 is 2.31 bits per heavy atom. The van der Waals surface area contributed by atoms with Gasteiger partial charge in [0.2, 0.25) is 15.9 Å². The van der Waals surface area contributed by atoms with Gasteiger partial charge in [0.1, 0.15) is 6.54 Å². The summed E-state index contributed by atoms with van der Waals surface area (Å²) in [6, 6.07) is 10.1. The summed E-state index contributed by atoms with van der Waals surface area (Å²) in [5.74, 6) is 0.0701. The fourth-order valence-corrected chi connectivity index (χ4v) is 5.10.